The van der Waals surface area contributed by atoms with Gasteiger partial charge in [-0.3, -0.25) is 14.9 Å². The van der Waals surface area contributed by atoms with Crippen LogP contribution in [0, 0.1) is 23.0 Å². The molecule has 0 spiro atoms. The number of non-ortho nitro benzene ring substituents is 1. The van der Waals surface area contributed by atoms with Crippen LogP contribution in [0.25, 0.3) is 0 Å². The zero-order valence-corrected chi connectivity index (χ0v) is 12.7. The molecule has 6 heteroatoms. The molecule has 0 radical (unpaired) electrons. The molecule has 0 aliphatic rings. The normalized spacial score (nSPS) is 13.7. The summed E-state index contributed by atoms with van der Waals surface area (Å²) < 4.78 is 0. The van der Waals surface area contributed by atoms with Crippen molar-refractivity contribution in [3.8, 4) is 0 Å². The zero-order valence-electron chi connectivity index (χ0n) is 11.1. The van der Waals surface area contributed by atoms with E-state index in [9.17, 15) is 14.9 Å². The second-order valence-corrected chi connectivity index (χ2v) is 5.30. The highest BCUT2D eigenvalue weighted by Crippen LogP contribution is 2.17. The number of hydrogen-bond donors (Lipinski definition) is 1. The molecule has 0 aliphatic heterocycles. The molecule has 1 rings (SSSR count). The highest BCUT2D eigenvalue weighted by molar-refractivity contribution is 9.09. The number of nitro groups is 1. The standard InChI is InChI=1S/C13H17BrN2O3/c1-8-6-11(16(18)19)4-5-12(8)13(17)15-10(3)9(2)7-14/h4-6,9-10H,7H2,1-3H3,(H,15,17). The molecule has 1 amide bonds. The Morgan fingerprint density at radius 3 is 2.58 bits per heavy atom. The van der Waals surface area contributed by atoms with Crippen LogP contribution in [-0.2, 0) is 0 Å². The first-order valence-corrected chi connectivity index (χ1v) is 7.10. The van der Waals surface area contributed by atoms with E-state index in [2.05, 4.69) is 21.2 Å². The van der Waals surface area contributed by atoms with E-state index in [1.807, 2.05) is 13.8 Å². The smallest absolute Gasteiger partial charge is 0.269 e. The average molecular weight is 329 g/mol. The minimum absolute atomic E-state index is 0.00377. The number of halogens is 1. The number of benzene rings is 1. The Morgan fingerprint density at radius 1 is 1.47 bits per heavy atom. The number of nitro benzene ring substituents is 1. The summed E-state index contributed by atoms with van der Waals surface area (Å²) >= 11 is 3.38. The van der Waals surface area contributed by atoms with Crippen molar-refractivity contribution in [1.82, 2.24) is 5.32 Å². The van der Waals surface area contributed by atoms with Crippen molar-refractivity contribution in [3.05, 3.63) is 39.4 Å². The van der Waals surface area contributed by atoms with Crippen molar-refractivity contribution >= 4 is 27.5 Å². The van der Waals surface area contributed by atoms with Gasteiger partial charge in [-0.1, -0.05) is 22.9 Å². The molecule has 2 unspecified atom stereocenters. The van der Waals surface area contributed by atoms with Crippen molar-refractivity contribution in [2.45, 2.75) is 26.8 Å². The fourth-order valence-electron chi connectivity index (χ4n) is 1.58. The summed E-state index contributed by atoms with van der Waals surface area (Å²) in [6, 6.07) is 4.28. The van der Waals surface area contributed by atoms with E-state index in [1.165, 1.54) is 18.2 Å². The summed E-state index contributed by atoms with van der Waals surface area (Å²) in [4.78, 5) is 22.3. The Hall–Kier alpha value is -1.43. The molecule has 104 valence electrons. The predicted octanol–water partition coefficient (Wildman–Crippen LogP) is 3.05. The average Bonchev–Trinajstić information content (AvgIpc) is 2.37. The van der Waals surface area contributed by atoms with Gasteiger partial charge >= 0.3 is 0 Å². The minimum atomic E-state index is -0.468. The number of nitrogens with zero attached hydrogens (tertiary/aromatic N) is 1. The van der Waals surface area contributed by atoms with Gasteiger partial charge in [-0.15, -0.1) is 0 Å². The fourth-order valence-corrected chi connectivity index (χ4v) is 2.14. The zero-order chi connectivity index (χ0) is 14.6. The second kappa shape index (κ2) is 6.65. The molecule has 0 heterocycles. The molecular formula is C13H17BrN2O3. The van der Waals surface area contributed by atoms with Crippen molar-refractivity contribution in [2.24, 2.45) is 5.92 Å². The minimum Gasteiger partial charge on any atom is -0.349 e. The first kappa shape index (κ1) is 15.6. The van der Waals surface area contributed by atoms with Gasteiger partial charge in [-0.05, 0) is 31.4 Å². The molecule has 1 aromatic rings. The SMILES string of the molecule is Cc1cc([N+](=O)[O-])ccc1C(=O)NC(C)C(C)CBr. The summed E-state index contributed by atoms with van der Waals surface area (Å²) in [5, 5.41) is 14.3. The molecule has 2 atom stereocenters. The van der Waals surface area contributed by atoms with Gasteiger partial charge in [0.2, 0.25) is 0 Å². The van der Waals surface area contributed by atoms with E-state index in [4.69, 9.17) is 0 Å². The number of rotatable bonds is 5. The van der Waals surface area contributed by atoms with Gasteiger partial charge in [0.1, 0.15) is 0 Å². The van der Waals surface area contributed by atoms with Crippen LogP contribution in [-0.4, -0.2) is 22.2 Å². The largest absolute Gasteiger partial charge is 0.349 e. The molecule has 0 fully saturated rings. The summed E-state index contributed by atoms with van der Waals surface area (Å²) in [5.41, 5.74) is 1.07. The molecule has 0 bridgehead atoms. The van der Waals surface area contributed by atoms with Gasteiger partial charge in [0.15, 0.2) is 0 Å². The van der Waals surface area contributed by atoms with Gasteiger partial charge in [-0.2, -0.15) is 0 Å². The highest BCUT2D eigenvalue weighted by Gasteiger charge is 2.17. The summed E-state index contributed by atoms with van der Waals surface area (Å²) in [7, 11) is 0. The third kappa shape index (κ3) is 4.02. The maximum atomic E-state index is 12.1. The van der Waals surface area contributed by atoms with Crippen LogP contribution in [0.15, 0.2) is 18.2 Å². The maximum Gasteiger partial charge on any atom is 0.269 e. The number of carbonyl (C=O) groups excluding carboxylic acids is 1. The first-order valence-electron chi connectivity index (χ1n) is 5.98. The number of amides is 1. The van der Waals surface area contributed by atoms with E-state index in [0.29, 0.717) is 17.0 Å². The monoisotopic (exact) mass is 328 g/mol. The lowest BCUT2D eigenvalue weighted by molar-refractivity contribution is -0.384. The molecule has 0 saturated carbocycles. The Morgan fingerprint density at radius 2 is 2.11 bits per heavy atom. The number of carbonyl (C=O) groups is 1. The van der Waals surface area contributed by atoms with Gasteiger partial charge < -0.3 is 5.32 Å². The fraction of sp³-hybridized carbons (Fsp3) is 0.462. The van der Waals surface area contributed by atoms with Crippen molar-refractivity contribution < 1.29 is 9.72 Å². The van der Waals surface area contributed by atoms with Gasteiger partial charge in [-0.25, -0.2) is 0 Å². The molecule has 1 N–H and O–H groups in total. The topological polar surface area (TPSA) is 72.2 Å². The van der Waals surface area contributed by atoms with E-state index in [0.717, 1.165) is 5.33 Å². The van der Waals surface area contributed by atoms with E-state index in [-0.39, 0.29) is 17.6 Å². The van der Waals surface area contributed by atoms with Crippen molar-refractivity contribution in [2.75, 3.05) is 5.33 Å². The van der Waals surface area contributed by atoms with Gasteiger partial charge in [0, 0.05) is 29.1 Å². The predicted molar refractivity (Wildman–Crippen MR) is 77.7 cm³/mol. The van der Waals surface area contributed by atoms with Crippen LogP contribution in [0.4, 0.5) is 5.69 Å². The molecule has 0 aliphatic carbocycles. The summed E-state index contributed by atoms with van der Waals surface area (Å²) in [5.74, 6) is 0.106. The van der Waals surface area contributed by atoms with Gasteiger partial charge in [0.05, 0.1) is 4.92 Å². The molecule has 1 aromatic carbocycles. The summed E-state index contributed by atoms with van der Waals surface area (Å²) in [6.45, 7) is 5.66. The van der Waals surface area contributed by atoms with Gasteiger partial charge in [0.25, 0.3) is 11.6 Å². The number of aryl methyl sites for hydroxylation is 1. The number of nitrogens with one attached hydrogen (secondary N) is 1. The van der Waals surface area contributed by atoms with Crippen molar-refractivity contribution in [3.63, 3.8) is 0 Å². The molecule has 5 nitrogen and oxygen atoms in total. The van der Waals surface area contributed by atoms with Crippen LogP contribution in [0.3, 0.4) is 0 Å². The lowest BCUT2D eigenvalue weighted by Gasteiger charge is -2.19. The third-order valence-corrected chi connectivity index (χ3v) is 4.14. The first-order chi connectivity index (χ1) is 8.86. The van der Waals surface area contributed by atoms with Crippen LogP contribution in [0.2, 0.25) is 0 Å². The van der Waals surface area contributed by atoms with E-state index < -0.39 is 4.92 Å². The molecule has 0 aromatic heterocycles. The molecular weight excluding hydrogens is 312 g/mol. The Labute approximate surface area is 120 Å². The Balaban J connectivity index is 2.86. The summed E-state index contributed by atoms with van der Waals surface area (Å²) in [6.07, 6.45) is 0. The quantitative estimate of drug-likeness (QED) is 0.513. The Kier molecular flexibility index (Phi) is 5.47. The lowest BCUT2D eigenvalue weighted by Crippen LogP contribution is -2.37. The van der Waals surface area contributed by atoms with Crippen LogP contribution < -0.4 is 5.32 Å². The third-order valence-electron chi connectivity index (χ3n) is 3.12. The second-order valence-electron chi connectivity index (χ2n) is 4.65. The number of hydrogen-bond acceptors (Lipinski definition) is 3. The van der Waals surface area contributed by atoms with Crippen molar-refractivity contribution in [1.29, 1.82) is 0 Å². The number of alkyl halides is 1. The molecule has 19 heavy (non-hydrogen) atoms. The van der Waals surface area contributed by atoms with Crippen LogP contribution >= 0.6 is 15.9 Å². The molecule has 0 saturated heterocycles. The lowest BCUT2D eigenvalue weighted by atomic mass is 10.0. The Bertz CT molecular complexity index is 491. The highest BCUT2D eigenvalue weighted by atomic mass is 79.9. The maximum absolute atomic E-state index is 12.1. The van der Waals surface area contributed by atoms with Crippen LogP contribution in [0.1, 0.15) is 29.8 Å². The van der Waals surface area contributed by atoms with E-state index in [1.54, 1.807) is 6.92 Å². The van der Waals surface area contributed by atoms with E-state index >= 15 is 0 Å². The van der Waals surface area contributed by atoms with Crippen LogP contribution in [0.5, 0.6) is 0 Å².